The lowest BCUT2D eigenvalue weighted by atomic mass is 10.1. The first-order valence-electron chi connectivity index (χ1n) is 10.1. The molecule has 0 aliphatic carbocycles. The van der Waals surface area contributed by atoms with E-state index in [1.54, 1.807) is 47.0 Å². The average Bonchev–Trinajstić information content (AvgIpc) is 3.47. The van der Waals surface area contributed by atoms with Gasteiger partial charge in [-0.25, -0.2) is 9.29 Å². The Morgan fingerprint density at radius 3 is 2.77 bits per heavy atom. The summed E-state index contributed by atoms with van der Waals surface area (Å²) in [5.74, 6) is -0.604. The lowest BCUT2D eigenvalue weighted by Gasteiger charge is -2.34. The second kappa shape index (κ2) is 9.30. The highest BCUT2D eigenvalue weighted by Crippen LogP contribution is 2.33. The van der Waals surface area contributed by atoms with Crippen molar-refractivity contribution < 1.29 is 14.6 Å². The van der Waals surface area contributed by atoms with Crippen LogP contribution in [0.4, 0.5) is 10.1 Å². The molecule has 31 heavy (non-hydrogen) atoms. The number of aliphatic hydroxyl groups is 2. The summed E-state index contributed by atoms with van der Waals surface area (Å²) >= 11 is 2.91. The molecular formula is C22H27FN4O2S2. The molecule has 4 rings (SSSR count). The summed E-state index contributed by atoms with van der Waals surface area (Å²) in [5.41, 5.74) is 2.22. The SMILES string of the molecule is Cc1cc(SNC2=CSCN2)c(F)cc1N(C)C1CCN(C(O)(O)c2ccccc2)C1. The molecule has 166 valence electrons. The Morgan fingerprint density at radius 2 is 2.06 bits per heavy atom. The third kappa shape index (κ3) is 4.80. The zero-order chi connectivity index (χ0) is 22.0. The number of halogens is 1. The van der Waals surface area contributed by atoms with Gasteiger partial charge in [0.1, 0.15) is 11.6 Å². The highest BCUT2D eigenvalue weighted by atomic mass is 32.2. The van der Waals surface area contributed by atoms with Gasteiger partial charge in [-0.15, -0.1) is 11.8 Å². The predicted octanol–water partition coefficient (Wildman–Crippen LogP) is 3.13. The Hall–Kier alpha value is -1.91. The Balaban J connectivity index is 1.44. The molecule has 2 heterocycles. The van der Waals surface area contributed by atoms with E-state index in [1.807, 2.05) is 36.4 Å². The highest BCUT2D eigenvalue weighted by molar-refractivity contribution is 8.02. The summed E-state index contributed by atoms with van der Waals surface area (Å²) < 4.78 is 18.0. The first kappa shape index (κ1) is 22.3. The minimum atomic E-state index is -2.02. The summed E-state index contributed by atoms with van der Waals surface area (Å²) in [5, 5.41) is 26.6. The van der Waals surface area contributed by atoms with E-state index < -0.39 is 5.91 Å². The van der Waals surface area contributed by atoms with Crippen molar-refractivity contribution in [2.24, 2.45) is 0 Å². The molecule has 1 saturated heterocycles. The van der Waals surface area contributed by atoms with Gasteiger partial charge in [-0.2, -0.15) is 0 Å². The van der Waals surface area contributed by atoms with Gasteiger partial charge in [0, 0.05) is 42.8 Å². The predicted molar refractivity (Wildman–Crippen MR) is 125 cm³/mol. The summed E-state index contributed by atoms with van der Waals surface area (Å²) in [6.07, 6.45) is 0.753. The topological polar surface area (TPSA) is 71.0 Å². The zero-order valence-electron chi connectivity index (χ0n) is 17.5. The van der Waals surface area contributed by atoms with Gasteiger partial charge in [0.2, 0.25) is 0 Å². The van der Waals surface area contributed by atoms with E-state index in [4.69, 9.17) is 0 Å². The van der Waals surface area contributed by atoms with Crippen molar-refractivity contribution in [1.29, 1.82) is 0 Å². The number of hydrogen-bond donors (Lipinski definition) is 4. The quantitative estimate of drug-likeness (QED) is 0.370. The van der Waals surface area contributed by atoms with E-state index in [-0.39, 0.29) is 11.9 Å². The maximum Gasteiger partial charge on any atom is 0.253 e. The largest absolute Gasteiger partial charge is 0.370 e. The smallest absolute Gasteiger partial charge is 0.253 e. The first-order valence-corrected chi connectivity index (χ1v) is 12.0. The van der Waals surface area contributed by atoms with Crippen LogP contribution in [0.3, 0.4) is 0 Å². The highest BCUT2D eigenvalue weighted by Gasteiger charge is 2.40. The minimum Gasteiger partial charge on any atom is -0.370 e. The van der Waals surface area contributed by atoms with Gasteiger partial charge in [0.15, 0.2) is 0 Å². The fourth-order valence-electron chi connectivity index (χ4n) is 3.94. The van der Waals surface area contributed by atoms with Crippen LogP contribution in [0, 0.1) is 12.7 Å². The van der Waals surface area contributed by atoms with E-state index in [0.29, 0.717) is 23.5 Å². The fourth-order valence-corrected chi connectivity index (χ4v) is 5.39. The van der Waals surface area contributed by atoms with Crippen molar-refractivity contribution in [3.8, 4) is 0 Å². The first-order chi connectivity index (χ1) is 14.9. The van der Waals surface area contributed by atoms with Crippen LogP contribution in [-0.2, 0) is 5.91 Å². The molecule has 1 fully saturated rings. The second-order valence-electron chi connectivity index (χ2n) is 7.79. The molecule has 4 N–H and O–H groups in total. The molecule has 9 heteroatoms. The molecule has 2 aromatic carbocycles. The molecule has 0 amide bonds. The van der Waals surface area contributed by atoms with Crippen molar-refractivity contribution in [1.82, 2.24) is 14.9 Å². The number of rotatable bonds is 7. The van der Waals surface area contributed by atoms with Crippen molar-refractivity contribution in [3.63, 3.8) is 0 Å². The van der Waals surface area contributed by atoms with Crippen LogP contribution in [-0.4, -0.2) is 47.2 Å². The number of hydrogen-bond acceptors (Lipinski definition) is 8. The van der Waals surface area contributed by atoms with E-state index in [9.17, 15) is 14.6 Å². The summed E-state index contributed by atoms with van der Waals surface area (Å²) in [4.78, 5) is 4.24. The molecule has 0 aromatic heterocycles. The summed E-state index contributed by atoms with van der Waals surface area (Å²) in [6.45, 7) is 2.97. The van der Waals surface area contributed by atoms with Gasteiger partial charge in [-0.3, -0.25) is 0 Å². The van der Waals surface area contributed by atoms with Crippen LogP contribution in [0.2, 0.25) is 0 Å². The molecule has 1 atom stereocenters. The number of benzene rings is 2. The van der Waals surface area contributed by atoms with Gasteiger partial charge in [0.05, 0.1) is 10.8 Å². The van der Waals surface area contributed by atoms with Crippen LogP contribution in [0.25, 0.3) is 0 Å². The van der Waals surface area contributed by atoms with E-state index in [1.165, 1.54) is 11.9 Å². The summed E-state index contributed by atoms with van der Waals surface area (Å²) in [7, 11) is 1.93. The van der Waals surface area contributed by atoms with Gasteiger partial charge < -0.3 is 25.2 Å². The monoisotopic (exact) mass is 462 g/mol. The number of nitrogens with one attached hydrogen (secondary N) is 2. The van der Waals surface area contributed by atoms with Crippen molar-refractivity contribution >= 4 is 29.4 Å². The van der Waals surface area contributed by atoms with Crippen LogP contribution in [0.15, 0.2) is 58.6 Å². The number of likely N-dealkylation sites (tertiary alicyclic amines) is 1. The lowest BCUT2D eigenvalue weighted by Crippen LogP contribution is -2.46. The molecule has 2 aromatic rings. The van der Waals surface area contributed by atoms with Gasteiger partial charge in [-0.1, -0.05) is 30.3 Å². The Labute approximate surface area is 190 Å². The van der Waals surface area contributed by atoms with E-state index >= 15 is 0 Å². The lowest BCUT2D eigenvalue weighted by molar-refractivity contribution is -0.269. The number of nitrogens with zero attached hydrogens (tertiary/aromatic N) is 2. The van der Waals surface area contributed by atoms with Gasteiger partial charge in [-0.05, 0) is 43.0 Å². The third-order valence-corrected chi connectivity index (χ3v) is 7.33. The van der Waals surface area contributed by atoms with Crippen LogP contribution >= 0.6 is 23.7 Å². The standard InChI is InChI=1S/C22H27FN4O2S2/c1-15-10-20(31-25-21-13-30-14-24-21)18(23)11-19(15)26(2)17-8-9-27(12-17)22(28,29)16-6-4-3-5-7-16/h3-7,10-11,13,17,24-25,28-29H,8-9,12,14H2,1-2H3. The Morgan fingerprint density at radius 1 is 1.29 bits per heavy atom. The molecule has 2 aliphatic rings. The minimum absolute atomic E-state index is 0.0435. The van der Waals surface area contributed by atoms with Crippen molar-refractivity contribution in [2.45, 2.75) is 30.2 Å². The maximum atomic E-state index is 14.8. The average molecular weight is 463 g/mol. The molecule has 0 spiro atoms. The molecule has 0 radical (unpaired) electrons. The molecule has 0 bridgehead atoms. The molecule has 0 saturated carbocycles. The number of likely N-dealkylation sites (N-methyl/N-ethyl adjacent to an activating group) is 1. The third-order valence-electron chi connectivity index (χ3n) is 5.76. The normalized spacial score (nSPS) is 19.3. The number of thioether (sulfide) groups is 1. The number of anilines is 1. The van der Waals surface area contributed by atoms with Crippen LogP contribution < -0.4 is 14.9 Å². The molecule has 6 nitrogen and oxygen atoms in total. The fraction of sp³-hybridized carbons (Fsp3) is 0.364. The zero-order valence-corrected chi connectivity index (χ0v) is 19.1. The van der Waals surface area contributed by atoms with E-state index in [0.717, 1.165) is 29.4 Å². The van der Waals surface area contributed by atoms with Crippen LogP contribution in [0.1, 0.15) is 17.5 Å². The van der Waals surface area contributed by atoms with Gasteiger partial charge in [0.25, 0.3) is 5.91 Å². The van der Waals surface area contributed by atoms with Crippen molar-refractivity contribution in [2.75, 3.05) is 30.9 Å². The van der Waals surface area contributed by atoms with Crippen LogP contribution in [0.5, 0.6) is 0 Å². The molecular weight excluding hydrogens is 435 g/mol. The summed E-state index contributed by atoms with van der Waals surface area (Å²) in [6, 6.07) is 12.3. The van der Waals surface area contributed by atoms with Gasteiger partial charge >= 0.3 is 0 Å². The molecule has 1 unspecified atom stereocenters. The van der Waals surface area contributed by atoms with E-state index in [2.05, 4.69) is 10.0 Å². The maximum absolute atomic E-state index is 14.8. The second-order valence-corrected chi connectivity index (χ2v) is 9.50. The molecule has 2 aliphatic heterocycles. The number of aryl methyl sites for hydroxylation is 1. The Bertz CT molecular complexity index is 958. The van der Waals surface area contributed by atoms with Crippen molar-refractivity contribution in [3.05, 3.63) is 70.6 Å². The Kier molecular flexibility index (Phi) is 6.68.